The van der Waals surface area contributed by atoms with Crippen LogP contribution in [0.1, 0.15) is 24.4 Å². The first kappa shape index (κ1) is 15.6. The number of carbonyl (C=O) groups is 1. The van der Waals surface area contributed by atoms with Crippen LogP contribution in [0.5, 0.6) is 0 Å². The molecule has 124 valence electrons. The van der Waals surface area contributed by atoms with E-state index >= 15 is 0 Å². The minimum atomic E-state index is -0.0406. The number of nitrogens with zero attached hydrogens (tertiary/aromatic N) is 4. The molecule has 23 heavy (non-hydrogen) atoms. The zero-order chi connectivity index (χ0) is 16.2. The lowest BCUT2D eigenvalue weighted by Gasteiger charge is -2.40. The highest BCUT2D eigenvalue weighted by atomic mass is 16.3. The fraction of sp³-hybridized carbons (Fsp3) is 0.500. The third-order valence-corrected chi connectivity index (χ3v) is 4.36. The van der Waals surface area contributed by atoms with Crippen molar-refractivity contribution in [3.05, 3.63) is 42.4 Å². The summed E-state index contributed by atoms with van der Waals surface area (Å²) in [5.74, 6) is 0.999. The maximum atomic E-state index is 12.4. The van der Waals surface area contributed by atoms with Crippen LogP contribution < -0.4 is 5.32 Å². The number of aryl methyl sites for hydroxylation is 1. The van der Waals surface area contributed by atoms with Crippen LogP contribution in [-0.4, -0.2) is 51.6 Å². The third kappa shape index (κ3) is 3.39. The summed E-state index contributed by atoms with van der Waals surface area (Å²) in [6, 6.07) is 1.95. The number of piperazine rings is 1. The largest absolute Gasteiger partial charge is 0.472 e. The van der Waals surface area contributed by atoms with Crippen molar-refractivity contribution in [1.82, 2.24) is 24.7 Å². The quantitative estimate of drug-likeness (QED) is 0.930. The van der Waals surface area contributed by atoms with Gasteiger partial charge in [0.1, 0.15) is 5.82 Å². The van der Waals surface area contributed by atoms with E-state index in [-0.39, 0.29) is 12.1 Å². The first-order valence-corrected chi connectivity index (χ1v) is 7.94. The van der Waals surface area contributed by atoms with Gasteiger partial charge in [-0.3, -0.25) is 4.90 Å². The van der Waals surface area contributed by atoms with Crippen molar-refractivity contribution < 1.29 is 9.21 Å². The Labute approximate surface area is 135 Å². The van der Waals surface area contributed by atoms with Crippen molar-refractivity contribution in [1.29, 1.82) is 0 Å². The van der Waals surface area contributed by atoms with Crippen molar-refractivity contribution >= 4 is 6.03 Å². The average molecular weight is 317 g/mol. The summed E-state index contributed by atoms with van der Waals surface area (Å²) >= 11 is 0. The lowest BCUT2D eigenvalue weighted by atomic mass is 10.1. The van der Waals surface area contributed by atoms with Crippen LogP contribution in [0.25, 0.3) is 0 Å². The zero-order valence-electron chi connectivity index (χ0n) is 13.6. The molecule has 7 heteroatoms. The van der Waals surface area contributed by atoms with Gasteiger partial charge in [-0.1, -0.05) is 6.92 Å². The number of hydrogen-bond donors (Lipinski definition) is 1. The molecule has 1 fully saturated rings. The van der Waals surface area contributed by atoms with E-state index in [4.69, 9.17) is 4.42 Å². The van der Waals surface area contributed by atoms with Crippen LogP contribution in [0, 0.1) is 0 Å². The van der Waals surface area contributed by atoms with Crippen molar-refractivity contribution in [2.75, 3.05) is 26.2 Å². The molecule has 7 nitrogen and oxygen atoms in total. The molecule has 0 spiro atoms. The minimum Gasteiger partial charge on any atom is -0.472 e. The summed E-state index contributed by atoms with van der Waals surface area (Å²) in [7, 11) is 1.99. The molecule has 0 aromatic carbocycles. The second-order valence-corrected chi connectivity index (χ2v) is 5.78. The Bertz CT molecular complexity index is 637. The van der Waals surface area contributed by atoms with Crippen molar-refractivity contribution in [3.63, 3.8) is 0 Å². The molecule has 2 amide bonds. The molecule has 0 aliphatic carbocycles. The molecule has 0 saturated carbocycles. The highest BCUT2D eigenvalue weighted by molar-refractivity contribution is 5.74. The van der Waals surface area contributed by atoms with E-state index in [0.717, 1.165) is 31.0 Å². The molecule has 3 rings (SSSR count). The number of furan rings is 1. The predicted molar refractivity (Wildman–Crippen MR) is 85.7 cm³/mol. The van der Waals surface area contributed by atoms with Gasteiger partial charge in [-0.2, -0.15) is 0 Å². The molecule has 1 unspecified atom stereocenters. The highest BCUT2D eigenvalue weighted by Gasteiger charge is 2.31. The van der Waals surface area contributed by atoms with Gasteiger partial charge in [0.2, 0.25) is 0 Å². The number of imidazole rings is 1. The van der Waals surface area contributed by atoms with Crippen LogP contribution in [0.2, 0.25) is 0 Å². The lowest BCUT2D eigenvalue weighted by Crippen LogP contribution is -2.53. The molecule has 0 radical (unpaired) electrons. The Hall–Kier alpha value is -2.28. The van der Waals surface area contributed by atoms with Crippen LogP contribution in [0.4, 0.5) is 4.79 Å². The van der Waals surface area contributed by atoms with Gasteiger partial charge in [0, 0.05) is 51.2 Å². The molecule has 1 aliphatic heterocycles. The van der Waals surface area contributed by atoms with Gasteiger partial charge in [-0.15, -0.1) is 0 Å². The first-order valence-electron chi connectivity index (χ1n) is 7.94. The summed E-state index contributed by atoms with van der Waals surface area (Å²) in [6.07, 6.45) is 7.01. The van der Waals surface area contributed by atoms with Gasteiger partial charge >= 0.3 is 6.03 Å². The third-order valence-electron chi connectivity index (χ3n) is 4.36. The van der Waals surface area contributed by atoms with Gasteiger partial charge < -0.3 is 19.2 Å². The molecule has 2 aromatic rings. The number of rotatable bonds is 4. The summed E-state index contributed by atoms with van der Waals surface area (Å²) < 4.78 is 7.05. The van der Waals surface area contributed by atoms with Crippen LogP contribution >= 0.6 is 0 Å². The van der Waals surface area contributed by atoms with Crippen LogP contribution in [0.3, 0.4) is 0 Å². The highest BCUT2D eigenvalue weighted by Crippen LogP contribution is 2.23. The number of nitrogens with one attached hydrogen (secondary N) is 1. The van der Waals surface area contributed by atoms with E-state index in [1.165, 1.54) is 0 Å². The van der Waals surface area contributed by atoms with Crippen LogP contribution in [-0.2, 0) is 13.6 Å². The Morgan fingerprint density at radius 3 is 3.00 bits per heavy atom. The van der Waals surface area contributed by atoms with E-state index in [1.54, 1.807) is 18.7 Å². The van der Waals surface area contributed by atoms with Gasteiger partial charge in [-0.05, 0) is 12.6 Å². The Morgan fingerprint density at radius 1 is 1.48 bits per heavy atom. The van der Waals surface area contributed by atoms with E-state index in [1.807, 2.05) is 28.8 Å². The van der Waals surface area contributed by atoms with Crippen molar-refractivity contribution in [2.45, 2.75) is 19.5 Å². The normalized spacial score (nSPS) is 19.0. The van der Waals surface area contributed by atoms with Crippen molar-refractivity contribution in [3.8, 4) is 0 Å². The molecular weight excluding hydrogens is 294 g/mol. The number of hydrogen-bond acceptors (Lipinski definition) is 4. The molecule has 2 aromatic heterocycles. The molecule has 0 bridgehead atoms. The minimum absolute atomic E-state index is 0.0406. The standard InChI is InChI=1S/C16H23N5O2/c1-3-20-7-8-21(11-14(20)15-17-5-6-19(15)2)16(22)18-10-13-4-9-23-12-13/h4-6,9,12,14H,3,7-8,10-11H2,1-2H3,(H,18,22). The van der Waals surface area contributed by atoms with Crippen molar-refractivity contribution in [2.24, 2.45) is 7.05 Å². The SMILES string of the molecule is CCN1CCN(C(=O)NCc2ccoc2)CC1c1nccn1C. The maximum Gasteiger partial charge on any atom is 0.317 e. The summed E-state index contributed by atoms with van der Waals surface area (Å²) in [5.41, 5.74) is 0.964. The number of aromatic nitrogens is 2. The zero-order valence-corrected chi connectivity index (χ0v) is 13.6. The number of urea groups is 1. The molecule has 3 heterocycles. The summed E-state index contributed by atoms with van der Waals surface area (Å²) in [6.45, 7) is 5.80. The number of likely N-dealkylation sites (N-methyl/N-ethyl adjacent to an activating group) is 1. The number of carbonyl (C=O) groups excluding carboxylic acids is 1. The second-order valence-electron chi connectivity index (χ2n) is 5.78. The predicted octanol–water partition coefficient (Wildman–Crippen LogP) is 1.60. The Kier molecular flexibility index (Phi) is 4.66. The van der Waals surface area contributed by atoms with E-state index in [0.29, 0.717) is 13.1 Å². The summed E-state index contributed by atoms with van der Waals surface area (Å²) in [5, 5.41) is 2.95. The fourth-order valence-electron chi connectivity index (χ4n) is 3.01. The van der Waals surface area contributed by atoms with Gasteiger partial charge in [-0.25, -0.2) is 9.78 Å². The first-order chi connectivity index (χ1) is 11.2. The van der Waals surface area contributed by atoms with E-state index < -0.39 is 0 Å². The van der Waals surface area contributed by atoms with Gasteiger partial charge in [0.15, 0.2) is 0 Å². The number of amides is 2. The fourth-order valence-corrected chi connectivity index (χ4v) is 3.01. The molecule has 1 N–H and O–H groups in total. The Morgan fingerprint density at radius 2 is 2.35 bits per heavy atom. The van der Waals surface area contributed by atoms with E-state index in [2.05, 4.69) is 22.1 Å². The van der Waals surface area contributed by atoms with Gasteiger partial charge in [0.25, 0.3) is 0 Å². The molecule has 1 atom stereocenters. The lowest BCUT2D eigenvalue weighted by molar-refractivity contribution is 0.0877. The maximum absolute atomic E-state index is 12.4. The summed E-state index contributed by atoms with van der Waals surface area (Å²) in [4.78, 5) is 21.1. The van der Waals surface area contributed by atoms with Gasteiger partial charge in [0.05, 0.1) is 18.6 Å². The molecule has 1 saturated heterocycles. The van der Waals surface area contributed by atoms with E-state index in [9.17, 15) is 4.79 Å². The monoisotopic (exact) mass is 317 g/mol. The second kappa shape index (κ2) is 6.87. The molecule has 1 aliphatic rings. The smallest absolute Gasteiger partial charge is 0.317 e. The average Bonchev–Trinajstić information content (AvgIpc) is 3.23. The Balaban J connectivity index is 1.65. The topological polar surface area (TPSA) is 66.5 Å². The molecular formula is C16H23N5O2. The van der Waals surface area contributed by atoms with Crippen LogP contribution in [0.15, 0.2) is 35.4 Å².